The summed E-state index contributed by atoms with van der Waals surface area (Å²) in [5.74, 6) is 0.524. The molecule has 0 bridgehead atoms. The number of carbonyl (C=O) groups excluding carboxylic acids is 1. The van der Waals surface area contributed by atoms with Crippen LogP contribution in [0.1, 0.15) is 27.8 Å². The Labute approximate surface area is 144 Å². The van der Waals surface area contributed by atoms with E-state index in [-0.39, 0.29) is 11.9 Å². The molecule has 0 radical (unpaired) electrons. The molecule has 0 aliphatic carbocycles. The molecule has 1 amide bonds. The third kappa shape index (κ3) is 3.46. The van der Waals surface area contributed by atoms with Crippen LogP contribution in [0, 0.1) is 0 Å². The average molecular weight is 339 g/mol. The molecular formula is C17H17N5OS. The van der Waals surface area contributed by atoms with Crippen molar-refractivity contribution in [1.29, 1.82) is 0 Å². The van der Waals surface area contributed by atoms with Crippen molar-refractivity contribution in [2.75, 3.05) is 6.26 Å². The quantitative estimate of drug-likeness (QED) is 0.571. The zero-order valence-electron chi connectivity index (χ0n) is 13.4. The number of imidazole rings is 1. The monoisotopic (exact) mass is 339 g/mol. The Balaban J connectivity index is 1.89. The molecule has 0 saturated carbocycles. The van der Waals surface area contributed by atoms with Gasteiger partial charge in [0, 0.05) is 31.8 Å². The molecule has 2 aromatic heterocycles. The van der Waals surface area contributed by atoms with Crippen LogP contribution in [0.5, 0.6) is 0 Å². The highest BCUT2D eigenvalue weighted by Crippen LogP contribution is 2.20. The summed E-state index contributed by atoms with van der Waals surface area (Å²) < 4.78 is 1.89. The number of carbonyl (C=O) groups is 1. The molecule has 24 heavy (non-hydrogen) atoms. The maximum Gasteiger partial charge on any atom is 0.255 e. The standard InChI is InChI=1S/C17H17N5OS/c1-22-9-8-18-15(22)14(12-6-4-3-5-7-12)21-16(23)13-10-19-17(24-2)20-11-13/h3-11,14H,1-2H3,(H,21,23)/t14-/m0/s1. The third-order valence-electron chi connectivity index (χ3n) is 3.60. The van der Waals surface area contributed by atoms with Gasteiger partial charge in [0.1, 0.15) is 11.9 Å². The predicted molar refractivity (Wildman–Crippen MR) is 92.8 cm³/mol. The van der Waals surface area contributed by atoms with Gasteiger partial charge in [-0.05, 0) is 11.8 Å². The van der Waals surface area contributed by atoms with Gasteiger partial charge in [0.2, 0.25) is 0 Å². The van der Waals surface area contributed by atoms with Crippen molar-refractivity contribution in [3.8, 4) is 0 Å². The minimum atomic E-state index is -0.348. The first-order valence-corrected chi connectivity index (χ1v) is 8.60. The number of hydrogen-bond donors (Lipinski definition) is 1. The third-order valence-corrected chi connectivity index (χ3v) is 4.17. The van der Waals surface area contributed by atoms with Crippen molar-refractivity contribution in [2.45, 2.75) is 11.2 Å². The highest BCUT2D eigenvalue weighted by atomic mass is 32.2. The molecule has 122 valence electrons. The highest BCUT2D eigenvalue weighted by molar-refractivity contribution is 7.98. The van der Waals surface area contributed by atoms with Crippen molar-refractivity contribution >= 4 is 17.7 Å². The van der Waals surface area contributed by atoms with Crippen LogP contribution in [0.4, 0.5) is 0 Å². The highest BCUT2D eigenvalue weighted by Gasteiger charge is 2.21. The van der Waals surface area contributed by atoms with Crippen molar-refractivity contribution in [2.24, 2.45) is 7.05 Å². The zero-order valence-corrected chi connectivity index (χ0v) is 14.2. The van der Waals surface area contributed by atoms with Gasteiger partial charge in [0.05, 0.1) is 5.56 Å². The van der Waals surface area contributed by atoms with Gasteiger partial charge >= 0.3 is 0 Å². The topological polar surface area (TPSA) is 72.7 Å². The van der Waals surface area contributed by atoms with Crippen molar-refractivity contribution in [3.05, 3.63) is 72.1 Å². The molecule has 0 spiro atoms. The van der Waals surface area contributed by atoms with E-state index >= 15 is 0 Å². The van der Waals surface area contributed by atoms with E-state index in [4.69, 9.17) is 0 Å². The zero-order chi connectivity index (χ0) is 16.9. The van der Waals surface area contributed by atoms with Gasteiger partial charge in [-0.15, -0.1) is 0 Å². The van der Waals surface area contributed by atoms with Gasteiger partial charge in [0.15, 0.2) is 5.16 Å². The van der Waals surface area contributed by atoms with E-state index < -0.39 is 0 Å². The number of nitrogens with zero attached hydrogens (tertiary/aromatic N) is 4. The van der Waals surface area contributed by atoms with Crippen LogP contribution in [-0.4, -0.2) is 31.7 Å². The van der Waals surface area contributed by atoms with E-state index in [2.05, 4.69) is 20.3 Å². The minimum Gasteiger partial charge on any atom is -0.338 e. The summed E-state index contributed by atoms with van der Waals surface area (Å²) in [5.41, 5.74) is 1.38. The van der Waals surface area contributed by atoms with Gasteiger partial charge < -0.3 is 9.88 Å². The fraction of sp³-hybridized carbons (Fsp3) is 0.176. The lowest BCUT2D eigenvalue weighted by Gasteiger charge is -2.19. The molecular weight excluding hydrogens is 322 g/mol. The summed E-state index contributed by atoms with van der Waals surface area (Å²) >= 11 is 1.43. The second-order valence-corrected chi connectivity index (χ2v) is 5.95. The summed E-state index contributed by atoms with van der Waals surface area (Å²) in [6, 6.07) is 9.40. The second kappa shape index (κ2) is 7.27. The van der Waals surface area contributed by atoms with Crippen molar-refractivity contribution in [3.63, 3.8) is 0 Å². The first-order chi connectivity index (χ1) is 11.7. The molecule has 1 atom stereocenters. The Bertz CT molecular complexity index is 817. The normalized spacial score (nSPS) is 11.9. The Morgan fingerprint density at radius 3 is 2.46 bits per heavy atom. The van der Waals surface area contributed by atoms with E-state index in [0.717, 1.165) is 11.4 Å². The number of rotatable bonds is 5. The van der Waals surface area contributed by atoms with Crippen molar-refractivity contribution in [1.82, 2.24) is 24.8 Å². The Morgan fingerprint density at radius 2 is 1.88 bits per heavy atom. The first-order valence-electron chi connectivity index (χ1n) is 7.38. The van der Waals surface area contributed by atoms with Crippen LogP contribution in [0.2, 0.25) is 0 Å². The van der Waals surface area contributed by atoms with Gasteiger partial charge in [-0.1, -0.05) is 42.1 Å². The van der Waals surface area contributed by atoms with Crippen LogP contribution < -0.4 is 5.32 Å². The van der Waals surface area contributed by atoms with Crippen LogP contribution in [-0.2, 0) is 7.05 Å². The Kier molecular flexibility index (Phi) is 4.90. The molecule has 0 unspecified atom stereocenters. The summed E-state index contributed by atoms with van der Waals surface area (Å²) in [6.07, 6.45) is 8.53. The van der Waals surface area contributed by atoms with Gasteiger partial charge in [-0.3, -0.25) is 4.79 Å². The van der Waals surface area contributed by atoms with E-state index in [1.54, 1.807) is 6.20 Å². The molecule has 1 aromatic carbocycles. The number of aryl methyl sites for hydroxylation is 1. The van der Waals surface area contributed by atoms with Crippen molar-refractivity contribution < 1.29 is 4.79 Å². The molecule has 0 saturated heterocycles. The maximum atomic E-state index is 12.6. The van der Waals surface area contributed by atoms with Gasteiger partial charge in [0.25, 0.3) is 5.91 Å². The van der Waals surface area contributed by atoms with E-state index in [9.17, 15) is 4.79 Å². The predicted octanol–water partition coefficient (Wildman–Crippen LogP) is 2.45. The number of aromatic nitrogens is 4. The van der Waals surface area contributed by atoms with Gasteiger partial charge in [-0.2, -0.15) is 0 Å². The summed E-state index contributed by atoms with van der Waals surface area (Å²) in [7, 11) is 1.90. The lowest BCUT2D eigenvalue weighted by Crippen LogP contribution is -2.31. The molecule has 0 aliphatic rings. The SMILES string of the molecule is CSc1ncc(C(=O)N[C@@H](c2ccccc2)c2nccn2C)cn1. The van der Waals surface area contributed by atoms with E-state index in [1.807, 2.05) is 54.4 Å². The largest absolute Gasteiger partial charge is 0.338 e. The fourth-order valence-corrected chi connectivity index (χ4v) is 2.67. The number of benzene rings is 1. The van der Waals surface area contributed by atoms with E-state index in [1.165, 1.54) is 24.2 Å². The molecule has 3 rings (SSSR count). The fourth-order valence-electron chi connectivity index (χ4n) is 2.35. The number of nitrogens with one attached hydrogen (secondary N) is 1. The number of hydrogen-bond acceptors (Lipinski definition) is 5. The molecule has 7 heteroatoms. The molecule has 0 aliphatic heterocycles. The number of thioether (sulfide) groups is 1. The lowest BCUT2D eigenvalue weighted by molar-refractivity contribution is 0.0940. The van der Waals surface area contributed by atoms with Crippen LogP contribution in [0.15, 0.2) is 60.3 Å². The summed E-state index contributed by atoms with van der Waals surface area (Å²) in [6.45, 7) is 0. The smallest absolute Gasteiger partial charge is 0.255 e. The van der Waals surface area contributed by atoms with E-state index in [0.29, 0.717) is 10.7 Å². The summed E-state index contributed by atoms with van der Waals surface area (Å²) in [5, 5.41) is 3.66. The minimum absolute atomic E-state index is 0.237. The van der Waals surface area contributed by atoms with Crippen LogP contribution in [0.3, 0.4) is 0 Å². The first kappa shape index (κ1) is 16.2. The number of amides is 1. The summed E-state index contributed by atoms with van der Waals surface area (Å²) in [4.78, 5) is 25.3. The maximum absolute atomic E-state index is 12.6. The van der Waals surface area contributed by atoms with Crippen LogP contribution >= 0.6 is 11.8 Å². The molecule has 1 N–H and O–H groups in total. The second-order valence-electron chi connectivity index (χ2n) is 5.17. The lowest BCUT2D eigenvalue weighted by atomic mass is 10.1. The van der Waals surface area contributed by atoms with Gasteiger partial charge in [-0.25, -0.2) is 15.0 Å². The molecule has 6 nitrogen and oxygen atoms in total. The molecule has 2 heterocycles. The molecule has 0 fully saturated rings. The molecule has 3 aromatic rings. The Hall–Kier alpha value is -2.67. The Morgan fingerprint density at radius 1 is 1.17 bits per heavy atom. The average Bonchev–Trinajstić information content (AvgIpc) is 3.06. The van der Waals surface area contributed by atoms with Crippen LogP contribution in [0.25, 0.3) is 0 Å².